The minimum atomic E-state index is 0.651. The molecule has 4 nitrogen and oxygen atoms in total. The molecule has 0 spiro atoms. The summed E-state index contributed by atoms with van der Waals surface area (Å²) in [4.78, 5) is 9.45. The highest BCUT2D eigenvalue weighted by atomic mass is 32.1. The van der Waals surface area contributed by atoms with Gasteiger partial charge in [-0.1, -0.05) is 54.6 Å². The molecule has 23 heavy (non-hydrogen) atoms. The molecule has 0 radical (unpaired) electrons. The van der Waals surface area contributed by atoms with Gasteiger partial charge in [0.25, 0.3) is 0 Å². The second-order valence-corrected chi connectivity index (χ2v) is 6.00. The Hall–Kier alpha value is -2.76. The molecule has 4 aromatic rings. The predicted molar refractivity (Wildman–Crippen MR) is 96.1 cm³/mol. The maximum absolute atomic E-state index is 5.59. The van der Waals surface area contributed by atoms with Gasteiger partial charge in [0, 0.05) is 10.9 Å². The van der Waals surface area contributed by atoms with E-state index in [-0.39, 0.29) is 0 Å². The number of anilines is 1. The molecular formula is C18H14N4S. The number of aromatic nitrogens is 2. The van der Waals surface area contributed by atoms with Crippen LogP contribution in [0.1, 0.15) is 0 Å². The number of hydrogen-bond donors (Lipinski definition) is 2. The molecule has 0 atom stereocenters. The standard InChI is InChI=1S/C18H14N4S/c19-22-17-16-15(10-23-18(16)21-11-20-17)14-8-6-13(7-9-14)12-4-2-1-3-5-12/h1-11H,19H2,(H,20,21,22). The molecule has 2 aromatic carbocycles. The molecule has 2 heterocycles. The van der Waals surface area contributed by atoms with Crippen LogP contribution in [-0.4, -0.2) is 9.97 Å². The summed E-state index contributed by atoms with van der Waals surface area (Å²) >= 11 is 1.59. The van der Waals surface area contributed by atoms with Crippen molar-refractivity contribution in [3.8, 4) is 22.3 Å². The maximum atomic E-state index is 5.59. The van der Waals surface area contributed by atoms with E-state index in [4.69, 9.17) is 5.84 Å². The van der Waals surface area contributed by atoms with Crippen LogP contribution in [0.2, 0.25) is 0 Å². The van der Waals surface area contributed by atoms with Crippen molar-refractivity contribution in [1.29, 1.82) is 0 Å². The smallest absolute Gasteiger partial charge is 0.152 e. The Kier molecular flexibility index (Phi) is 3.49. The fourth-order valence-electron chi connectivity index (χ4n) is 2.67. The van der Waals surface area contributed by atoms with Gasteiger partial charge in [-0.2, -0.15) is 0 Å². The summed E-state index contributed by atoms with van der Waals surface area (Å²) in [6.45, 7) is 0. The van der Waals surface area contributed by atoms with Gasteiger partial charge >= 0.3 is 0 Å². The zero-order valence-electron chi connectivity index (χ0n) is 12.2. The number of benzene rings is 2. The van der Waals surface area contributed by atoms with Crippen LogP contribution in [-0.2, 0) is 0 Å². The van der Waals surface area contributed by atoms with Gasteiger partial charge in [-0.05, 0) is 16.7 Å². The van der Waals surface area contributed by atoms with E-state index in [1.54, 1.807) is 11.3 Å². The number of nitrogens with one attached hydrogen (secondary N) is 1. The third-order valence-electron chi connectivity index (χ3n) is 3.81. The normalized spacial score (nSPS) is 10.8. The van der Waals surface area contributed by atoms with Crippen molar-refractivity contribution < 1.29 is 0 Å². The van der Waals surface area contributed by atoms with E-state index >= 15 is 0 Å². The molecular weight excluding hydrogens is 304 g/mol. The van der Waals surface area contributed by atoms with Crippen LogP contribution < -0.4 is 11.3 Å². The average molecular weight is 318 g/mol. The summed E-state index contributed by atoms with van der Waals surface area (Å²) in [5.74, 6) is 6.24. The zero-order chi connectivity index (χ0) is 15.6. The molecule has 3 N–H and O–H groups in total. The Morgan fingerprint density at radius 2 is 1.52 bits per heavy atom. The van der Waals surface area contributed by atoms with Crippen LogP contribution in [0.5, 0.6) is 0 Å². The fourth-order valence-corrected chi connectivity index (χ4v) is 3.59. The van der Waals surface area contributed by atoms with Crippen molar-refractivity contribution in [1.82, 2.24) is 9.97 Å². The first-order valence-electron chi connectivity index (χ1n) is 7.21. The summed E-state index contributed by atoms with van der Waals surface area (Å²) in [6, 6.07) is 18.9. The highest BCUT2D eigenvalue weighted by molar-refractivity contribution is 7.17. The largest absolute Gasteiger partial charge is 0.308 e. The quantitative estimate of drug-likeness (QED) is 0.436. The second kappa shape index (κ2) is 5.79. The lowest BCUT2D eigenvalue weighted by Gasteiger charge is -2.06. The lowest BCUT2D eigenvalue weighted by molar-refractivity contribution is 1.19. The van der Waals surface area contributed by atoms with Crippen LogP contribution in [0.3, 0.4) is 0 Å². The summed E-state index contributed by atoms with van der Waals surface area (Å²) in [5, 5.41) is 3.06. The summed E-state index contributed by atoms with van der Waals surface area (Å²) in [7, 11) is 0. The fraction of sp³-hybridized carbons (Fsp3) is 0. The van der Waals surface area contributed by atoms with E-state index < -0.39 is 0 Å². The van der Waals surface area contributed by atoms with Crippen LogP contribution in [0.25, 0.3) is 32.5 Å². The van der Waals surface area contributed by atoms with Crippen LogP contribution >= 0.6 is 11.3 Å². The number of nitrogens with two attached hydrogens (primary N) is 1. The molecule has 0 unspecified atom stereocenters. The second-order valence-electron chi connectivity index (χ2n) is 5.14. The van der Waals surface area contributed by atoms with E-state index in [1.165, 1.54) is 17.5 Å². The molecule has 0 aliphatic rings. The Bertz CT molecular complexity index is 946. The summed E-state index contributed by atoms with van der Waals surface area (Å²) < 4.78 is 0. The van der Waals surface area contributed by atoms with E-state index in [0.717, 1.165) is 21.3 Å². The Balaban J connectivity index is 1.80. The molecule has 0 saturated heterocycles. The minimum absolute atomic E-state index is 0.651. The maximum Gasteiger partial charge on any atom is 0.152 e. The number of nitrogen functional groups attached to an aromatic ring is 1. The van der Waals surface area contributed by atoms with Gasteiger partial charge < -0.3 is 5.43 Å². The van der Waals surface area contributed by atoms with Crippen molar-refractivity contribution in [3.63, 3.8) is 0 Å². The van der Waals surface area contributed by atoms with Gasteiger partial charge in [-0.3, -0.25) is 0 Å². The number of hydrogen-bond acceptors (Lipinski definition) is 5. The molecule has 2 aromatic heterocycles. The molecule has 5 heteroatoms. The molecule has 0 fully saturated rings. The van der Waals surface area contributed by atoms with E-state index in [2.05, 4.69) is 57.2 Å². The van der Waals surface area contributed by atoms with Gasteiger partial charge in [0.05, 0.1) is 5.39 Å². The van der Waals surface area contributed by atoms with Gasteiger partial charge in [0.15, 0.2) is 5.82 Å². The van der Waals surface area contributed by atoms with Gasteiger partial charge in [0.1, 0.15) is 11.2 Å². The lowest BCUT2D eigenvalue weighted by Crippen LogP contribution is -2.08. The first kappa shape index (κ1) is 13.9. The van der Waals surface area contributed by atoms with Crippen LogP contribution in [0.15, 0.2) is 66.3 Å². The first-order valence-corrected chi connectivity index (χ1v) is 8.09. The molecule has 0 bridgehead atoms. The van der Waals surface area contributed by atoms with Crippen molar-refractivity contribution in [2.24, 2.45) is 5.84 Å². The summed E-state index contributed by atoms with van der Waals surface area (Å²) in [6.07, 6.45) is 1.52. The van der Waals surface area contributed by atoms with Crippen LogP contribution in [0.4, 0.5) is 5.82 Å². The first-order chi connectivity index (χ1) is 11.4. The van der Waals surface area contributed by atoms with Crippen molar-refractivity contribution in [2.45, 2.75) is 0 Å². The SMILES string of the molecule is NNc1ncnc2scc(-c3ccc(-c4ccccc4)cc3)c12. The van der Waals surface area contributed by atoms with Gasteiger partial charge in [0.2, 0.25) is 0 Å². The zero-order valence-corrected chi connectivity index (χ0v) is 13.0. The van der Waals surface area contributed by atoms with Gasteiger partial charge in [-0.15, -0.1) is 11.3 Å². The predicted octanol–water partition coefficient (Wildman–Crippen LogP) is 4.31. The van der Waals surface area contributed by atoms with Crippen molar-refractivity contribution in [2.75, 3.05) is 5.43 Å². The third kappa shape index (κ3) is 2.46. The van der Waals surface area contributed by atoms with E-state index in [9.17, 15) is 0 Å². The highest BCUT2D eigenvalue weighted by Gasteiger charge is 2.12. The molecule has 0 saturated carbocycles. The molecule has 0 aliphatic carbocycles. The van der Waals surface area contributed by atoms with E-state index in [0.29, 0.717) is 5.82 Å². The van der Waals surface area contributed by atoms with Gasteiger partial charge in [-0.25, -0.2) is 15.8 Å². The molecule has 0 amide bonds. The van der Waals surface area contributed by atoms with Crippen LogP contribution in [0, 0.1) is 0 Å². The number of nitrogens with zero attached hydrogens (tertiary/aromatic N) is 2. The lowest BCUT2D eigenvalue weighted by atomic mass is 10.0. The molecule has 0 aliphatic heterocycles. The number of hydrazine groups is 1. The Labute approximate surface area is 137 Å². The Morgan fingerprint density at radius 3 is 2.26 bits per heavy atom. The number of thiophene rings is 1. The monoisotopic (exact) mass is 318 g/mol. The van der Waals surface area contributed by atoms with E-state index in [1.807, 2.05) is 18.2 Å². The van der Waals surface area contributed by atoms with Crippen molar-refractivity contribution >= 4 is 27.4 Å². The number of fused-ring (bicyclic) bond motifs is 1. The highest BCUT2D eigenvalue weighted by Crippen LogP contribution is 2.36. The molecule has 4 rings (SSSR count). The van der Waals surface area contributed by atoms with Crippen molar-refractivity contribution in [3.05, 3.63) is 66.3 Å². The molecule has 112 valence electrons. The topological polar surface area (TPSA) is 63.8 Å². The minimum Gasteiger partial charge on any atom is -0.308 e. The number of rotatable bonds is 3. The Morgan fingerprint density at radius 1 is 0.826 bits per heavy atom. The average Bonchev–Trinajstić information content (AvgIpc) is 3.07. The third-order valence-corrected chi connectivity index (χ3v) is 4.70. The summed E-state index contributed by atoms with van der Waals surface area (Å²) in [5.41, 5.74) is 7.29.